The molecule has 0 aliphatic carbocycles. The predicted molar refractivity (Wildman–Crippen MR) is 102 cm³/mol. The molecule has 2 aromatic heterocycles. The minimum atomic E-state index is 0.862. The van der Waals surface area contributed by atoms with Crippen LogP contribution in [0.1, 0.15) is 18.3 Å². The summed E-state index contributed by atoms with van der Waals surface area (Å²) in [5.41, 5.74) is 2.21. The van der Waals surface area contributed by atoms with E-state index in [2.05, 4.69) is 76.5 Å². The topological polar surface area (TPSA) is 49.6 Å². The third-order valence-corrected chi connectivity index (χ3v) is 5.22. The molecule has 0 radical (unpaired) electrons. The maximum absolute atomic E-state index is 4.58. The molecule has 1 saturated heterocycles. The van der Waals surface area contributed by atoms with Crippen molar-refractivity contribution in [1.29, 1.82) is 0 Å². The summed E-state index contributed by atoms with van der Waals surface area (Å²) in [6.45, 7) is 7.04. The van der Waals surface area contributed by atoms with Gasteiger partial charge in [0.25, 0.3) is 0 Å². The molecular formula is C18H21BrN6. The molecule has 6 nitrogen and oxygen atoms in total. The van der Waals surface area contributed by atoms with Crippen LogP contribution in [0.4, 0.5) is 5.82 Å². The standard InChI is InChI=1S/C18H21BrN6/c1-2-16-21-22-18-17(20-7-8-25(16)18)24-11-9-23(10-12-24)13-14-3-5-15(19)6-4-14/h3-8H,2,9-13H2,1H3. The van der Waals surface area contributed by atoms with Gasteiger partial charge in [0.1, 0.15) is 5.82 Å². The Hall–Kier alpha value is -1.99. The van der Waals surface area contributed by atoms with Crippen LogP contribution in [0.3, 0.4) is 0 Å². The number of piperazine rings is 1. The number of anilines is 1. The van der Waals surface area contributed by atoms with Crippen LogP contribution in [0.5, 0.6) is 0 Å². The largest absolute Gasteiger partial charge is 0.351 e. The van der Waals surface area contributed by atoms with Gasteiger partial charge in [0.15, 0.2) is 5.82 Å². The SMILES string of the molecule is CCc1nnc2c(N3CCN(Cc4ccc(Br)cc4)CC3)nccn12. The molecule has 0 saturated carbocycles. The number of halogens is 1. The summed E-state index contributed by atoms with van der Waals surface area (Å²) < 4.78 is 3.18. The molecule has 130 valence electrons. The van der Waals surface area contributed by atoms with Crippen LogP contribution in [-0.2, 0) is 13.0 Å². The van der Waals surface area contributed by atoms with E-state index in [4.69, 9.17) is 0 Å². The second-order valence-electron chi connectivity index (χ2n) is 6.30. The first-order valence-corrected chi connectivity index (χ1v) is 9.44. The minimum absolute atomic E-state index is 0.862. The third-order valence-electron chi connectivity index (χ3n) is 4.69. The normalized spacial score (nSPS) is 15.8. The van der Waals surface area contributed by atoms with Crippen molar-refractivity contribution in [2.45, 2.75) is 19.9 Å². The van der Waals surface area contributed by atoms with Crippen molar-refractivity contribution in [1.82, 2.24) is 24.5 Å². The Morgan fingerprint density at radius 2 is 1.80 bits per heavy atom. The Kier molecular flexibility index (Phi) is 4.67. The van der Waals surface area contributed by atoms with Gasteiger partial charge in [-0.1, -0.05) is 35.0 Å². The number of fused-ring (bicyclic) bond motifs is 1. The van der Waals surface area contributed by atoms with Crippen molar-refractivity contribution >= 4 is 27.4 Å². The Morgan fingerprint density at radius 3 is 2.52 bits per heavy atom. The molecule has 0 spiro atoms. The Bertz CT molecular complexity index is 852. The highest BCUT2D eigenvalue weighted by Gasteiger charge is 2.21. The van der Waals surface area contributed by atoms with Crippen LogP contribution in [0.2, 0.25) is 0 Å². The number of nitrogens with zero attached hydrogens (tertiary/aromatic N) is 6. The average Bonchev–Trinajstić information content (AvgIpc) is 3.08. The quantitative estimate of drug-likeness (QED) is 0.673. The highest BCUT2D eigenvalue weighted by molar-refractivity contribution is 9.10. The van der Waals surface area contributed by atoms with Crippen LogP contribution >= 0.6 is 15.9 Å². The molecule has 1 aliphatic rings. The summed E-state index contributed by atoms with van der Waals surface area (Å²) in [7, 11) is 0. The van der Waals surface area contributed by atoms with Crippen molar-refractivity contribution in [3.05, 3.63) is 52.5 Å². The van der Waals surface area contributed by atoms with Crippen LogP contribution in [0.15, 0.2) is 41.1 Å². The highest BCUT2D eigenvalue weighted by atomic mass is 79.9. The Balaban J connectivity index is 1.45. The molecule has 7 heteroatoms. The van der Waals surface area contributed by atoms with E-state index in [0.717, 1.165) is 60.9 Å². The van der Waals surface area contributed by atoms with Crippen molar-refractivity contribution in [3.8, 4) is 0 Å². The second-order valence-corrected chi connectivity index (χ2v) is 7.22. The molecule has 0 bridgehead atoms. The second kappa shape index (κ2) is 7.09. The van der Waals surface area contributed by atoms with E-state index in [9.17, 15) is 0 Å². The molecule has 0 amide bonds. The summed E-state index contributed by atoms with van der Waals surface area (Å²) in [6.07, 6.45) is 4.66. The van der Waals surface area contributed by atoms with Crippen molar-refractivity contribution in [2.24, 2.45) is 0 Å². The zero-order chi connectivity index (χ0) is 17.2. The van der Waals surface area contributed by atoms with Gasteiger partial charge in [0, 0.05) is 56.0 Å². The lowest BCUT2D eigenvalue weighted by Crippen LogP contribution is -2.46. The third kappa shape index (κ3) is 3.39. The van der Waals surface area contributed by atoms with E-state index in [-0.39, 0.29) is 0 Å². The van der Waals surface area contributed by atoms with Crippen LogP contribution in [0.25, 0.3) is 5.65 Å². The van der Waals surface area contributed by atoms with E-state index in [0.29, 0.717) is 0 Å². The zero-order valence-electron chi connectivity index (χ0n) is 14.3. The fourth-order valence-corrected chi connectivity index (χ4v) is 3.56. The van der Waals surface area contributed by atoms with Gasteiger partial charge >= 0.3 is 0 Å². The number of aryl methyl sites for hydroxylation is 1. The fourth-order valence-electron chi connectivity index (χ4n) is 3.29. The smallest absolute Gasteiger partial charge is 0.203 e. The van der Waals surface area contributed by atoms with Crippen molar-refractivity contribution < 1.29 is 0 Å². The van der Waals surface area contributed by atoms with Crippen LogP contribution < -0.4 is 4.90 Å². The first kappa shape index (κ1) is 16.5. The summed E-state index contributed by atoms with van der Waals surface area (Å²) in [6, 6.07) is 8.57. The van der Waals surface area contributed by atoms with Gasteiger partial charge in [-0.3, -0.25) is 9.30 Å². The number of aromatic nitrogens is 4. The van der Waals surface area contributed by atoms with E-state index in [1.807, 2.05) is 12.4 Å². The Morgan fingerprint density at radius 1 is 1.04 bits per heavy atom. The lowest BCUT2D eigenvalue weighted by Gasteiger charge is -2.35. The molecular weight excluding hydrogens is 380 g/mol. The molecule has 3 heterocycles. The molecule has 0 unspecified atom stereocenters. The van der Waals surface area contributed by atoms with Crippen LogP contribution in [0, 0.1) is 0 Å². The Labute approximate surface area is 155 Å². The number of hydrogen-bond acceptors (Lipinski definition) is 5. The lowest BCUT2D eigenvalue weighted by molar-refractivity contribution is 0.249. The zero-order valence-corrected chi connectivity index (χ0v) is 15.9. The minimum Gasteiger partial charge on any atom is -0.351 e. The summed E-state index contributed by atoms with van der Waals surface area (Å²) in [5.74, 6) is 1.92. The molecule has 1 fully saturated rings. The number of rotatable bonds is 4. The molecule has 0 N–H and O–H groups in total. The number of hydrogen-bond donors (Lipinski definition) is 0. The van der Waals surface area contributed by atoms with Gasteiger partial charge in [-0.25, -0.2) is 4.98 Å². The molecule has 3 aromatic rings. The van der Waals surface area contributed by atoms with Crippen LogP contribution in [-0.4, -0.2) is 50.7 Å². The van der Waals surface area contributed by atoms with Gasteiger partial charge in [-0.15, -0.1) is 10.2 Å². The van der Waals surface area contributed by atoms with E-state index in [1.165, 1.54) is 5.56 Å². The monoisotopic (exact) mass is 400 g/mol. The summed E-state index contributed by atoms with van der Waals surface area (Å²) in [5, 5.41) is 8.63. The first-order chi connectivity index (χ1) is 12.2. The van der Waals surface area contributed by atoms with Gasteiger partial charge in [-0.05, 0) is 17.7 Å². The molecule has 25 heavy (non-hydrogen) atoms. The highest BCUT2D eigenvalue weighted by Crippen LogP contribution is 2.20. The number of benzene rings is 1. The molecule has 1 aromatic carbocycles. The predicted octanol–water partition coefficient (Wildman–Crippen LogP) is 2.77. The molecule has 1 aliphatic heterocycles. The fraction of sp³-hybridized carbons (Fsp3) is 0.389. The van der Waals surface area contributed by atoms with Crippen molar-refractivity contribution in [3.63, 3.8) is 0 Å². The summed E-state index contributed by atoms with van der Waals surface area (Å²) in [4.78, 5) is 9.38. The van der Waals surface area contributed by atoms with Gasteiger partial charge in [0.05, 0.1) is 0 Å². The van der Waals surface area contributed by atoms with Crippen molar-refractivity contribution in [2.75, 3.05) is 31.1 Å². The van der Waals surface area contributed by atoms with E-state index < -0.39 is 0 Å². The lowest BCUT2D eigenvalue weighted by atomic mass is 10.2. The molecule has 4 rings (SSSR count). The van der Waals surface area contributed by atoms with E-state index >= 15 is 0 Å². The van der Waals surface area contributed by atoms with Gasteiger partial charge in [-0.2, -0.15) is 0 Å². The first-order valence-electron chi connectivity index (χ1n) is 8.65. The van der Waals surface area contributed by atoms with E-state index in [1.54, 1.807) is 0 Å². The summed E-state index contributed by atoms with van der Waals surface area (Å²) >= 11 is 3.49. The maximum atomic E-state index is 4.58. The van der Waals surface area contributed by atoms with Gasteiger partial charge < -0.3 is 4.90 Å². The molecule has 0 atom stereocenters. The van der Waals surface area contributed by atoms with Gasteiger partial charge in [0.2, 0.25) is 5.65 Å². The average molecular weight is 401 g/mol. The maximum Gasteiger partial charge on any atom is 0.203 e.